The number of carbonyl (C=O) groups is 1. The summed E-state index contributed by atoms with van der Waals surface area (Å²) in [5, 5.41) is 2.88. The molecule has 1 aromatic carbocycles. The number of rotatable bonds is 4. The maximum atomic E-state index is 12.6. The number of hydrogen-bond acceptors (Lipinski definition) is 3. The van der Waals surface area contributed by atoms with Crippen molar-refractivity contribution in [3.05, 3.63) is 53.9 Å². The molecule has 0 saturated heterocycles. The van der Waals surface area contributed by atoms with Crippen LogP contribution in [0.25, 0.3) is 0 Å². The number of anilines is 1. The molecule has 2 aromatic rings. The molecule has 1 amide bonds. The third-order valence-corrected chi connectivity index (χ3v) is 4.20. The van der Waals surface area contributed by atoms with Crippen molar-refractivity contribution in [3.8, 4) is 0 Å². The number of aromatic nitrogens is 2. The van der Waals surface area contributed by atoms with Crippen LogP contribution < -0.4 is 5.32 Å². The van der Waals surface area contributed by atoms with Crippen LogP contribution in [0.15, 0.2) is 42.6 Å². The SMILES string of the molecule is Cc1ccnc(NC(=O)C2(Cc3ccccc3)CCC2)n1. The summed E-state index contributed by atoms with van der Waals surface area (Å²) in [6, 6.07) is 12.0. The third-order valence-electron chi connectivity index (χ3n) is 4.20. The van der Waals surface area contributed by atoms with Crippen molar-refractivity contribution in [3.63, 3.8) is 0 Å². The highest BCUT2D eigenvalue weighted by Gasteiger charge is 2.44. The predicted octanol–water partition coefficient (Wildman–Crippen LogP) is 3.14. The minimum atomic E-state index is -0.297. The van der Waals surface area contributed by atoms with Gasteiger partial charge in [-0.3, -0.25) is 10.1 Å². The molecule has 0 radical (unpaired) electrons. The molecule has 1 aromatic heterocycles. The molecule has 1 saturated carbocycles. The number of aryl methyl sites for hydroxylation is 1. The van der Waals surface area contributed by atoms with Gasteiger partial charge >= 0.3 is 0 Å². The molecule has 1 aliphatic rings. The summed E-state index contributed by atoms with van der Waals surface area (Å²) in [5.74, 6) is 0.447. The van der Waals surface area contributed by atoms with Gasteiger partial charge in [-0.25, -0.2) is 9.97 Å². The van der Waals surface area contributed by atoms with Gasteiger partial charge in [-0.2, -0.15) is 0 Å². The number of amides is 1. The summed E-state index contributed by atoms with van der Waals surface area (Å²) in [7, 11) is 0. The number of nitrogens with one attached hydrogen (secondary N) is 1. The van der Waals surface area contributed by atoms with Crippen molar-refractivity contribution in [2.75, 3.05) is 5.32 Å². The minimum absolute atomic E-state index is 0.0446. The molecule has 4 nitrogen and oxygen atoms in total. The zero-order chi connectivity index (χ0) is 14.7. The summed E-state index contributed by atoms with van der Waals surface area (Å²) < 4.78 is 0. The molecule has 1 aliphatic carbocycles. The van der Waals surface area contributed by atoms with E-state index in [1.54, 1.807) is 6.20 Å². The highest BCUT2D eigenvalue weighted by molar-refractivity contribution is 5.94. The number of hydrogen-bond donors (Lipinski definition) is 1. The van der Waals surface area contributed by atoms with E-state index < -0.39 is 0 Å². The van der Waals surface area contributed by atoms with Crippen molar-refractivity contribution in [1.82, 2.24) is 9.97 Å². The topological polar surface area (TPSA) is 54.9 Å². The Labute approximate surface area is 124 Å². The first-order chi connectivity index (χ1) is 10.2. The van der Waals surface area contributed by atoms with Crippen LogP contribution in [-0.4, -0.2) is 15.9 Å². The monoisotopic (exact) mass is 281 g/mol. The van der Waals surface area contributed by atoms with Gasteiger partial charge in [0, 0.05) is 11.9 Å². The van der Waals surface area contributed by atoms with Crippen LogP contribution in [0.4, 0.5) is 5.95 Å². The normalized spacial score (nSPS) is 16.0. The molecule has 1 N–H and O–H groups in total. The Balaban J connectivity index is 1.75. The quantitative estimate of drug-likeness (QED) is 0.936. The Bertz CT molecular complexity index is 635. The number of nitrogens with zero attached hydrogens (tertiary/aromatic N) is 2. The van der Waals surface area contributed by atoms with E-state index in [0.29, 0.717) is 5.95 Å². The molecule has 0 atom stereocenters. The average molecular weight is 281 g/mol. The fourth-order valence-corrected chi connectivity index (χ4v) is 2.82. The van der Waals surface area contributed by atoms with Crippen molar-refractivity contribution < 1.29 is 4.79 Å². The van der Waals surface area contributed by atoms with E-state index in [2.05, 4.69) is 27.4 Å². The third kappa shape index (κ3) is 2.94. The van der Waals surface area contributed by atoms with E-state index >= 15 is 0 Å². The molecule has 1 fully saturated rings. The second kappa shape index (κ2) is 5.64. The fourth-order valence-electron chi connectivity index (χ4n) is 2.82. The average Bonchev–Trinajstić information content (AvgIpc) is 2.44. The van der Waals surface area contributed by atoms with Gasteiger partial charge in [0.25, 0.3) is 0 Å². The highest BCUT2D eigenvalue weighted by Crippen LogP contribution is 2.44. The van der Waals surface area contributed by atoms with Crippen LogP contribution in [0, 0.1) is 12.3 Å². The summed E-state index contributed by atoms with van der Waals surface area (Å²) in [5.41, 5.74) is 1.76. The fraction of sp³-hybridized carbons (Fsp3) is 0.353. The first-order valence-corrected chi connectivity index (χ1v) is 7.33. The Morgan fingerprint density at radius 3 is 2.62 bits per heavy atom. The predicted molar refractivity (Wildman–Crippen MR) is 81.8 cm³/mol. The van der Waals surface area contributed by atoms with E-state index in [1.807, 2.05) is 31.2 Å². The van der Waals surface area contributed by atoms with E-state index in [-0.39, 0.29) is 11.3 Å². The van der Waals surface area contributed by atoms with Crippen LogP contribution in [0.2, 0.25) is 0 Å². The second-order valence-electron chi connectivity index (χ2n) is 5.77. The van der Waals surface area contributed by atoms with Gasteiger partial charge < -0.3 is 0 Å². The molecule has 1 heterocycles. The maximum Gasteiger partial charge on any atom is 0.233 e. The molecule has 0 unspecified atom stereocenters. The lowest BCUT2D eigenvalue weighted by molar-refractivity contribution is -0.130. The molecule has 0 aliphatic heterocycles. The summed E-state index contributed by atoms with van der Waals surface area (Å²) >= 11 is 0. The van der Waals surface area contributed by atoms with E-state index in [9.17, 15) is 4.79 Å². The first-order valence-electron chi connectivity index (χ1n) is 7.33. The summed E-state index contributed by atoms with van der Waals surface area (Å²) in [6.07, 6.45) is 5.42. The second-order valence-corrected chi connectivity index (χ2v) is 5.77. The maximum absolute atomic E-state index is 12.6. The largest absolute Gasteiger partial charge is 0.294 e. The lowest BCUT2D eigenvalue weighted by Crippen LogP contribution is -2.44. The van der Waals surface area contributed by atoms with Crippen LogP contribution in [-0.2, 0) is 11.2 Å². The lowest BCUT2D eigenvalue weighted by Gasteiger charge is -2.40. The molecular weight excluding hydrogens is 262 g/mol. The van der Waals surface area contributed by atoms with Crippen LogP contribution in [0.5, 0.6) is 0 Å². The van der Waals surface area contributed by atoms with Crippen LogP contribution in [0.3, 0.4) is 0 Å². The van der Waals surface area contributed by atoms with E-state index in [4.69, 9.17) is 0 Å². The van der Waals surface area contributed by atoms with E-state index in [1.165, 1.54) is 5.56 Å². The molecule has 4 heteroatoms. The van der Waals surface area contributed by atoms with Crippen molar-refractivity contribution in [1.29, 1.82) is 0 Å². The zero-order valence-electron chi connectivity index (χ0n) is 12.2. The summed E-state index contributed by atoms with van der Waals surface area (Å²) in [4.78, 5) is 21.0. The zero-order valence-corrected chi connectivity index (χ0v) is 12.2. The molecule has 21 heavy (non-hydrogen) atoms. The molecule has 3 rings (SSSR count). The van der Waals surface area contributed by atoms with Gasteiger partial charge in [0.2, 0.25) is 11.9 Å². The van der Waals surface area contributed by atoms with Crippen LogP contribution >= 0.6 is 0 Å². The van der Waals surface area contributed by atoms with Gasteiger partial charge in [0.05, 0.1) is 5.41 Å². The van der Waals surface area contributed by atoms with Crippen molar-refractivity contribution in [2.24, 2.45) is 5.41 Å². The Kier molecular flexibility index (Phi) is 3.69. The van der Waals surface area contributed by atoms with Crippen molar-refractivity contribution >= 4 is 11.9 Å². The van der Waals surface area contributed by atoms with Crippen molar-refractivity contribution in [2.45, 2.75) is 32.6 Å². The molecular formula is C17H19N3O. The minimum Gasteiger partial charge on any atom is -0.294 e. The number of benzene rings is 1. The molecule has 108 valence electrons. The van der Waals surface area contributed by atoms with Crippen LogP contribution in [0.1, 0.15) is 30.5 Å². The molecule has 0 bridgehead atoms. The highest BCUT2D eigenvalue weighted by atomic mass is 16.2. The first kappa shape index (κ1) is 13.7. The Hall–Kier alpha value is -2.23. The van der Waals surface area contributed by atoms with Gasteiger partial charge in [0.1, 0.15) is 0 Å². The summed E-state index contributed by atoms with van der Waals surface area (Å²) in [6.45, 7) is 1.89. The Morgan fingerprint density at radius 2 is 2.00 bits per heavy atom. The van der Waals surface area contributed by atoms with Gasteiger partial charge in [-0.05, 0) is 37.8 Å². The smallest absolute Gasteiger partial charge is 0.233 e. The van der Waals surface area contributed by atoms with Gasteiger partial charge in [-0.15, -0.1) is 0 Å². The number of carbonyl (C=O) groups excluding carboxylic acids is 1. The standard InChI is InChI=1S/C17H19N3O/c1-13-8-11-18-16(19-13)20-15(21)17(9-5-10-17)12-14-6-3-2-4-7-14/h2-4,6-8,11H,5,9-10,12H2,1H3,(H,18,19,20,21). The van der Waals surface area contributed by atoms with Gasteiger partial charge in [-0.1, -0.05) is 36.8 Å². The van der Waals surface area contributed by atoms with E-state index in [0.717, 1.165) is 31.4 Å². The Morgan fingerprint density at radius 1 is 1.24 bits per heavy atom. The molecule has 0 spiro atoms. The lowest BCUT2D eigenvalue weighted by atomic mass is 9.64. The van der Waals surface area contributed by atoms with Gasteiger partial charge in [0.15, 0.2) is 0 Å².